The van der Waals surface area contributed by atoms with E-state index in [1.165, 1.54) is 52.0 Å². The van der Waals surface area contributed by atoms with Gasteiger partial charge in [-0.25, -0.2) is 26.3 Å². The molecule has 0 saturated carbocycles. The molecule has 0 spiro atoms. The molecule has 72 heavy (non-hydrogen) atoms. The molecule has 10 rings (SSSR count). The predicted molar refractivity (Wildman–Crippen MR) is 262 cm³/mol. The lowest BCUT2D eigenvalue weighted by Crippen LogP contribution is -2.49. The molecule has 6 heterocycles. The number of fused-ring (bicyclic) bond motifs is 6. The standard InChI is InChI=1S/2C28H32F4N2O2/c2*1-17-10-21-20-6-4-5-7-24(20)36-27(21)26(34(17)16-28(2,3)32)25-22(30)11-19(12-23(25)31)35-9-8-33-14-18(13-29)15-33/h2*4-7,11-12,17-18,26H,8-10,13-16H2,1-3H3. The Labute approximate surface area is 415 Å². The van der Waals surface area contributed by atoms with Gasteiger partial charge in [-0.05, 0) is 66.5 Å². The highest BCUT2D eigenvalue weighted by Crippen LogP contribution is 2.47. The number of hydrogen-bond donors (Lipinski definition) is 0. The third-order valence-corrected chi connectivity index (χ3v) is 14.4. The van der Waals surface area contributed by atoms with Gasteiger partial charge in [0.2, 0.25) is 0 Å². The molecule has 0 radical (unpaired) electrons. The monoisotopic (exact) mass is 1010 g/mol. The topological polar surface area (TPSA) is 57.7 Å². The lowest BCUT2D eigenvalue weighted by molar-refractivity contribution is 0.0570. The van der Waals surface area contributed by atoms with Crippen molar-refractivity contribution in [1.82, 2.24) is 19.6 Å². The number of alkyl halides is 4. The van der Waals surface area contributed by atoms with Crippen LogP contribution in [0.5, 0.6) is 11.5 Å². The van der Waals surface area contributed by atoms with Gasteiger partial charge in [-0.3, -0.25) is 28.4 Å². The van der Waals surface area contributed by atoms with Crippen LogP contribution in [-0.4, -0.2) is 122 Å². The molecule has 0 N–H and O–H groups in total. The summed E-state index contributed by atoms with van der Waals surface area (Å²) < 4.78 is 141. The highest BCUT2D eigenvalue weighted by molar-refractivity contribution is 5.84. The Hall–Kier alpha value is -5.16. The molecule has 2 aromatic heterocycles. The molecular formula is C56H64F8N4O4. The smallest absolute Gasteiger partial charge is 0.135 e. The third kappa shape index (κ3) is 11.0. The van der Waals surface area contributed by atoms with Crippen LogP contribution in [0.3, 0.4) is 0 Å². The Bertz CT molecular complexity index is 2610. The van der Waals surface area contributed by atoms with Crippen LogP contribution in [0.4, 0.5) is 35.1 Å². The number of halogens is 8. The summed E-state index contributed by atoms with van der Waals surface area (Å²) in [5.41, 5.74) is -0.425. The second-order valence-corrected chi connectivity index (χ2v) is 21.4. The fourth-order valence-electron chi connectivity index (χ4n) is 11.0. The summed E-state index contributed by atoms with van der Waals surface area (Å²) in [4.78, 5) is 7.65. The molecule has 6 aromatic rings. The summed E-state index contributed by atoms with van der Waals surface area (Å²) in [5, 5.41) is 1.82. The second kappa shape index (κ2) is 21.0. The number of benzene rings is 4. The SMILES string of the molecule is CC1Cc2c(oc3ccccc23)C(c2c(F)cc(OCCN3CC(CF)C3)cc2F)N1CC(C)(C)F.CC1Cc2c(oc3ccccc23)C(c2c(F)cc(OCCN3CC(CF)C3)cc2F)N1CC(C)(C)F. The number of nitrogens with zero attached hydrogens (tertiary/aromatic N) is 4. The van der Waals surface area contributed by atoms with E-state index in [1.54, 1.807) is 9.80 Å². The van der Waals surface area contributed by atoms with Gasteiger partial charge in [0.1, 0.15) is 94.1 Å². The zero-order valence-electron chi connectivity index (χ0n) is 41.7. The molecule has 0 amide bonds. The van der Waals surface area contributed by atoms with Gasteiger partial charge >= 0.3 is 0 Å². The van der Waals surface area contributed by atoms with E-state index in [9.17, 15) is 17.6 Å². The normalized spacial score (nSPS) is 21.5. The van der Waals surface area contributed by atoms with Crippen LogP contribution in [-0.2, 0) is 12.8 Å². The van der Waals surface area contributed by atoms with Crippen LogP contribution in [0.1, 0.15) is 87.4 Å². The maximum absolute atomic E-state index is 15.6. The van der Waals surface area contributed by atoms with E-state index in [1.807, 2.05) is 72.2 Å². The molecule has 4 atom stereocenters. The molecule has 2 fully saturated rings. The van der Waals surface area contributed by atoms with Crippen LogP contribution in [0.2, 0.25) is 0 Å². The number of furan rings is 2. The Balaban J connectivity index is 0.000000178. The molecule has 4 aromatic carbocycles. The first-order valence-electron chi connectivity index (χ1n) is 25.0. The molecule has 0 bridgehead atoms. The van der Waals surface area contributed by atoms with E-state index >= 15 is 17.6 Å². The number of hydrogen-bond acceptors (Lipinski definition) is 8. The van der Waals surface area contributed by atoms with Crippen molar-refractivity contribution in [2.45, 2.75) is 89.9 Å². The van der Waals surface area contributed by atoms with Crippen molar-refractivity contribution < 1.29 is 53.4 Å². The van der Waals surface area contributed by atoms with Gasteiger partial charge in [0.25, 0.3) is 0 Å². The summed E-state index contributed by atoms with van der Waals surface area (Å²) >= 11 is 0. The molecule has 16 heteroatoms. The molecule has 0 aliphatic carbocycles. The zero-order chi connectivity index (χ0) is 51.2. The van der Waals surface area contributed by atoms with E-state index in [4.69, 9.17) is 18.3 Å². The van der Waals surface area contributed by atoms with Gasteiger partial charge < -0.3 is 18.3 Å². The lowest BCUT2D eigenvalue weighted by Gasteiger charge is -2.42. The Morgan fingerprint density at radius 3 is 1.24 bits per heavy atom. The maximum Gasteiger partial charge on any atom is 0.135 e. The third-order valence-electron chi connectivity index (χ3n) is 14.4. The van der Waals surface area contributed by atoms with Crippen molar-refractivity contribution in [1.29, 1.82) is 0 Å². The Morgan fingerprint density at radius 1 is 0.556 bits per heavy atom. The van der Waals surface area contributed by atoms with Crippen LogP contribution >= 0.6 is 0 Å². The molecule has 4 unspecified atom stereocenters. The molecule has 2 saturated heterocycles. The average Bonchev–Trinajstić information content (AvgIpc) is 3.84. The fraction of sp³-hybridized carbons (Fsp3) is 0.500. The van der Waals surface area contributed by atoms with Crippen molar-refractivity contribution in [3.63, 3.8) is 0 Å². The van der Waals surface area contributed by atoms with Crippen LogP contribution in [0.15, 0.2) is 81.6 Å². The number of para-hydroxylation sites is 2. The zero-order valence-corrected chi connectivity index (χ0v) is 41.7. The van der Waals surface area contributed by atoms with Crippen molar-refractivity contribution in [2.24, 2.45) is 11.8 Å². The van der Waals surface area contributed by atoms with Gasteiger partial charge in [0.15, 0.2) is 0 Å². The van der Waals surface area contributed by atoms with Gasteiger partial charge in [0.05, 0.1) is 13.3 Å². The summed E-state index contributed by atoms with van der Waals surface area (Å²) in [6, 6.07) is 17.6. The van der Waals surface area contributed by atoms with Gasteiger partial charge in [-0.1, -0.05) is 36.4 Å². The van der Waals surface area contributed by atoms with E-state index in [0.29, 0.717) is 74.8 Å². The lowest BCUT2D eigenvalue weighted by atomic mass is 9.87. The van der Waals surface area contributed by atoms with Crippen molar-refractivity contribution in [2.75, 3.05) is 78.9 Å². The predicted octanol–water partition coefficient (Wildman–Crippen LogP) is 12.2. The molecular weight excluding hydrogens is 945 g/mol. The first kappa shape index (κ1) is 51.7. The maximum atomic E-state index is 15.6. The Kier molecular flexibility index (Phi) is 15.1. The fourth-order valence-corrected chi connectivity index (χ4v) is 11.0. The first-order valence-corrected chi connectivity index (χ1v) is 25.0. The molecule has 388 valence electrons. The average molecular weight is 1010 g/mol. The summed E-state index contributed by atoms with van der Waals surface area (Å²) in [5.74, 6) is -1.86. The minimum atomic E-state index is -1.58. The Morgan fingerprint density at radius 2 is 0.903 bits per heavy atom. The van der Waals surface area contributed by atoms with Crippen LogP contribution in [0.25, 0.3) is 21.9 Å². The number of ether oxygens (including phenoxy) is 2. The second-order valence-electron chi connectivity index (χ2n) is 21.4. The molecule has 4 aliphatic heterocycles. The molecule has 8 nitrogen and oxygen atoms in total. The largest absolute Gasteiger partial charge is 0.492 e. The van der Waals surface area contributed by atoms with Gasteiger partial charge in [0, 0.05) is 134 Å². The minimum Gasteiger partial charge on any atom is -0.492 e. The van der Waals surface area contributed by atoms with Crippen molar-refractivity contribution in [3.8, 4) is 11.5 Å². The van der Waals surface area contributed by atoms with E-state index in [0.717, 1.165) is 21.9 Å². The number of likely N-dealkylation sites (tertiary alicyclic amines) is 2. The first-order chi connectivity index (χ1) is 34.3. The van der Waals surface area contributed by atoms with Crippen LogP contribution in [0, 0.1) is 35.1 Å². The van der Waals surface area contributed by atoms with E-state index < -0.39 is 46.7 Å². The number of rotatable bonds is 16. The van der Waals surface area contributed by atoms with Gasteiger partial charge in [-0.2, -0.15) is 0 Å². The van der Waals surface area contributed by atoms with Gasteiger partial charge in [-0.15, -0.1) is 0 Å². The summed E-state index contributed by atoms with van der Waals surface area (Å²) in [6.45, 7) is 13.3. The minimum absolute atomic E-state index is 0.0117. The summed E-state index contributed by atoms with van der Waals surface area (Å²) in [6.07, 6.45) is 1.17. The quantitative estimate of drug-likeness (QED) is 0.0889. The van der Waals surface area contributed by atoms with E-state index in [-0.39, 0.29) is 86.2 Å². The summed E-state index contributed by atoms with van der Waals surface area (Å²) in [7, 11) is 0. The van der Waals surface area contributed by atoms with Crippen molar-refractivity contribution in [3.05, 3.63) is 130 Å². The molecule has 4 aliphatic rings. The van der Waals surface area contributed by atoms with Crippen molar-refractivity contribution >= 4 is 21.9 Å². The van der Waals surface area contributed by atoms with E-state index in [2.05, 4.69) is 0 Å². The highest BCUT2D eigenvalue weighted by Gasteiger charge is 2.44. The van der Waals surface area contributed by atoms with Crippen LogP contribution < -0.4 is 9.47 Å². The highest BCUT2D eigenvalue weighted by atomic mass is 19.2.